The lowest BCUT2D eigenvalue weighted by atomic mass is 10.1. The summed E-state index contributed by atoms with van der Waals surface area (Å²) in [4.78, 5) is 24.2. The smallest absolute Gasteiger partial charge is 0.496 e. The Labute approximate surface area is 220 Å². The fourth-order valence-corrected chi connectivity index (χ4v) is 7.31. The number of benzene rings is 2. The van der Waals surface area contributed by atoms with Crippen LogP contribution in [0.2, 0.25) is 0 Å². The van der Waals surface area contributed by atoms with E-state index < -0.39 is 20.7 Å². The summed E-state index contributed by atoms with van der Waals surface area (Å²) in [5.74, 6) is -0.208. The van der Waals surface area contributed by atoms with Crippen LogP contribution in [-0.2, 0) is 22.8 Å². The Morgan fingerprint density at radius 3 is 2.03 bits per heavy atom. The standard InChI is InChI=1S/C28H38O8Si/c1-7-11-26(37(33-8-2,34-9-3)35-10-4)22-12-14-23(15-13-22)28(30)36-24-18-16-21(25(20-24)31-5)17-19-27(29)32-6/h12-20,26H,7-11H2,1-6H3/b19-17+. The van der Waals surface area contributed by atoms with Gasteiger partial charge >= 0.3 is 20.7 Å². The summed E-state index contributed by atoms with van der Waals surface area (Å²) in [6, 6.07) is 12.2. The number of esters is 2. The van der Waals surface area contributed by atoms with Gasteiger partial charge in [-0.05, 0) is 63.1 Å². The third-order valence-corrected chi connectivity index (χ3v) is 9.15. The molecule has 0 aromatic heterocycles. The average molecular weight is 531 g/mol. The van der Waals surface area contributed by atoms with Crippen molar-refractivity contribution in [1.82, 2.24) is 0 Å². The highest BCUT2D eigenvalue weighted by molar-refractivity contribution is 6.62. The normalized spacial score (nSPS) is 12.4. The van der Waals surface area contributed by atoms with Gasteiger partial charge in [0, 0.05) is 37.5 Å². The summed E-state index contributed by atoms with van der Waals surface area (Å²) in [5.41, 5.74) is 2.01. The molecule has 0 aliphatic rings. The lowest BCUT2D eigenvalue weighted by molar-refractivity contribution is -0.134. The van der Waals surface area contributed by atoms with Crippen molar-refractivity contribution in [1.29, 1.82) is 0 Å². The summed E-state index contributed by atoms with van der Waals surface area (Å²) in [6.45, 7) is 9.44. The molecule has 8 nitrogen and oxygen atoms in total. The van der Waals surface area contributed by atoms with Crippen LogP contribution in [0.3, 0.4) is 0 Å². The van der Waals surface area contributed by atoms with E-state index in [-0.39, 0.29) is 5.54 Å². The van der Waals surface area contributed by atoms with E-state index in [1.54, 1.807) is 36.4 Å². The van der Waals surface area contributed by atoms with Gasteiger partial charge in [0.2, 0.25) is 0 Å². The van der Waals surface area contributed by atoms with Gasteiger partial charge in [-0.15, -0.1) is 0 Å². The fraction of sp³-hybridized carbons (Fsp3) is 0.429. The van der Waals surface area contributed by atoms with Crippen molar-refractivity contribution in [2.75, 3.05) is 34.0 Å². The molecule has 2 rings (SSSR count). The van der Waals surface area contributed by atoms with Crippen LogP contribution < -0.4 is 9.47 Å². The van der Waals surface area contributed by atoms with Gasteiger partial charge < -0.3 is 27.5 Å². The predicted octanol–water partition coefficient (Wildman–Crippen LogP) is 5.57. The quantitative estimate of drug-likeness (QED) is 0.128. The lowest BCUT2D eigenvalue weighted by Gasteiger charge is -2.35. The first kappa shape index (κ1) is 30.2. The summed E-state index contributed by atoms with van der Waals surface area (Å²) in [7, 11) is -0.188. The molecule has 1 atom stereocenters. The molecule has 202 valence electrons. The molecule has 0 amide bonds. The molecule has 2 aromatic rings. The van der Waals surface area contributed by atoms with E-state index in [2.05, 4.69) is 11.7 Å². The van der Waals surface area contributed by atoms with Crippen molar-refractivity contribution in [2.45, 2.75) is 46.1 Å². The lowest BCUT2D eigenvalue weighted by Crippen LogP contribution is -2.52. The summed E-state index contributed by atoms with van der Waals surface area (Å²) < 4.78 is 34.0. The van der Waals surface area contributed by atoms with E-state index >= 15 is 0 Å². The number of carbonyl (C=O) groups is 2. The first-order valence-electron chi connectivity index (χ1n) is 12.6. The average Bonchev–Trinajstić information content (AvgIpc) is 2.91. The van der Waals surface area contributed by atoms with Crippen molar-refractivity contribution < 1.29 is 37.1 Å². The Balaban J connectivity index is 2.25. The zero-order valence-electron chi connectivity index (χ0n) is 22.6. The minimum Gasteiger partial charge on any atom is -0.496 e. The van der Waals surface area contributed by atoms with E-state index in [9.17, 15) is 9.59 Å². The van der Waals surface area contributed by atoms with Crippen molar-refractivity contribution in [3.05, 3.63) is 65.2 Å². The third-order valence-electron chi connectivity index (χ3n) is 5.61. The Kier molecular flexibility index (Phi) is 12.5. The van der Waals surface area contributed by atoms with Crippen molar-refractivity contribution in [3.63, 3.8) is 0 Å². The SMILES string of the molecule is CCCC(c1ccc(C(=O)Oc2ccc(/C=C/C(=O)OC)c(OC)c2)cc1)[Si](OCC)(OCC)OCC. The summed E-state index contributed by atoms with van der Waals surface area (Å²) in [6.07, 6.45) is 4.63. The van der Waals surface area contributed by atoms with Gasteiger partial charge in [-0.3, -0.25) is 0 Å². The predicted molar refractivity (Wildman–Crippen MR) is 144 cm³/mol. The minimum atomic E-state index is -2.99. The van der Waals surface area contributed by atoms with E-state index in [1.165, 1.54) is 20.3 Å². The second kappa shape index (κ2) is 15.3. The largest absolute Gasteiger partial charge is 0.508 e. The molecular weight excluding hydrogens is 492 g/mol. The van der Waals surface area contributed by atoms with E-state index in [0.29, 0.717) is 42.4 Å². The Morgan fingerprint density at radius 2 is 1.51 bits per heavy atom. The second-order valence-electron chi connectivity index (χ2n) is 8.02. The molecule has 0 heterocycles. The molecule has 1 unspecified atom stereocenters. The first-order chi connectivity index (χ1) is 17.9. The van der Waals surface area contributed by atoms with E-state index in [1.807, 2.05) is 32.9 Å². The number of rotatable bonds is 15. The van der Waals surface area contributed by atoms with Gasteiger partial charge in [0.05, 0.1) is 25.3 Å². The molecular formula is C28H38O8Si. The topological polar surface area (TPSA) is 89.5 Å². The first-order valence-corrected chi connectivity index (χ1v) is 14.4. The maximum atomic E-state index is 12.9. The molecule has 0 saturated heterocycles. The maximum absolute atomic E-state index is 12.9. The van der Waals surface area contributed by atoms with Gasteiger partial charge in [-0.2, -0.15) is 0 Å². The zero-order chi connectivity index (χ0) is 27.3. The minimum absolute atomic E-state index is 0.0442. The highest BCUT2D eigenvalue weighted by Gasteiger charge is 2.49. The zero-order valence-corrected chi connectivity index (χ0v) is 23.6. The number of hydrogen-bond acceptors (Lipinski definition) is 8. The molecule has 37 heavy (non-hydrogen) atoms. The second-order valence-corrected chi connectivity index (χ2v) is 10.8. The van der Waals surface area contributed by atoms with Crippen LogP contribution in [0, 0.1) is 0 Å². The van der Waals surface area contributed by atoms with Crippen LogP contribution in [0.1, 0.15) is 67.6 Å². The molecule has 0 aliphatic carbocycles. The molecule has 0 N–H and O–H groups in total. The Bertz CT molecular complexity index is 1020. The van der Waals surface area contributed by atoms with Gasteiger partial charge in [-0.1, -0.05) is 25.5 Å². The van der Waals surface area contributed by atoms with Crippen LogP contribution in [0.25, 0.3) is 6.08 Å². The molecule has 2 aromatic carbocycles. The van der Waals surface area contributed by atoms with Crippen LogP contribution in [0.15, 0.2) is 48.5 Å². The van der Waals surface area contributed by atoms with Crippen LogP contribution in [0.4, 0.5) is 0 Å². The van der Waals surface area contributed by atoms with Crippen molar-refractivity contribution in [3.8, 4) is 11.5 Å². The van der Waals surface area contributed by atoms with E-state index in [4.69, 9.17) is 22.8 Å². The summed E-state index contributed by atoms with van der Waals surface area (Å²) >= 11 is 0. The maximum Gasteiger partial charge on any atom is 0.508 e. The third kappa shape index (κ3) is 8.26. The molecule has 0 aliphatic heterocycles. The van der Waals surface area contributed by atoms with Crippen molar-refractivity contribution in [2.24, 2.45) is 0 Å². The van der Waals surface area contributed by atoms with Gasteiger partial charge in [0.15, 0.2) is 0 Å². The highest BCUT2D eigenvalue weighted by Crippen LogP contribution is 2.34. The highest BCUT2D eigenvalue weighted by atomic mass is 28.4. The number of hydrogen-bond donors (Lipinski definition) is 0. The van der Waals surface area contributed by atoms with Crippen LogP contribution in [-0.4, -0.2) is 54.8 Å². The number of methoxy groups -OCH3 is 2. The van der Waals surface area contributed by atoms with Gasteiger partial charge in [0.1, 0.15) is 11.5 Å². The van der Waals surface area contributed by atoms with Gasteiger partial charge in [0.25, 0.3) is 0 Å². The Hall–Kier alpha value is -2.98. The van der Waals surface area contributed by atoms with Crippen molar-refractivity contribution >= 4 is 26.8 Å². The summed E-state index contributed by atoms with van der Waals surface area (Å²) in [5, 5.41) is 0. The monoisotopic (exact) mass is 530 g/mol. The van der Waals surface area contributed by atoms with Crippen LogP contribution in [0.5, 0.6) is 11.5 Å². The number of ether oxygens (including phenoxy) is 3. The molecule has 0 saturated carbocycles. The molecule has 0 spiro atoms. The van der Waals surface area contributed by atoms with Crippen LogP contribution >= 0.6 is 0 Å². The molecule has 9 heteroatoms. The number of carbonyl (C=O) groups excluding carboxylic acids is 2. The van der Waals surface area contributed by atoms with E-state index in [0.717, 1.165) is 18.4 Å². The molecule has 0 fully saturated rings. The molecule has 0 bridgehead atoms. The van der Waals surface area contributed by atoms with Gasteiger partial charge in [-0.25, -0.2) is 9.59 Å². The fourth-order valence-electron chi connectivity index (χ4n) is 4.00. The Morgan fingerprint density at radius 1 is 0.892 bits per heavy atom. The molecule has 0 radical (unpaired) electrons.